The molecule has 4 rings (SSSR count). The molecule has 0 aliphatic rings. The number of carbonyl (C=O) groups excluding carboxylic acids is 1. The van der Waals surface area contributed by atoms with E-state index in [2.05, 4.69) is 15.4 Å². The first kappa shape index (κ1) is 15.9. The second kappa shape index (κ2) is 6.36. The highest BCUT2D eigenvalue weighted by molar-refractivity contribution is 5.92. The minimum atomic E-state index is -0.348. The molecule has 0 radical (unpaired) electrons. The first-order chi connectivity index (χ1) is 12.6. The molecule has 0 bridgehead atoms. The van der Waals surface area contributed by atoms with Gasteiger partial charge in [0, 0.05) is 12.3 Å². The van der Waals surface area contributed by atoms with Crippen molar-refractivity contribution in [3.05, 3.63) is 88.2 Å². The molecule has 0 aliphatic carbocycles. The zero-order valence-corrected chi connectivity index (χ0v) is 14.1. The number of aromatic nitrogens is 4. The lowest BCUT2D eigenvalue weighted by Crippen LogP contribution is -2.24. The summed E-state index contributed by atoms with van der Waals surface area (Å²) in [6, 6.07) is 14.3. The van der Waals surface area contributed by atoms with Gasteiger partial charge in [-0.1, -0.05) is 24.3 Å². The third-order valence-electron chi connectivity index (χ3n) is 4.22. The summed E-state index contributed by atoms with van der Waals surface area (Å²) in [5.41, 5.74) is 3.39. The van der Waals surface area contributed by atoms with Gasteiger partial charge in [0.2, 0.25) is 0 Å². The molecule has 0 spiro atoms. The number of nitrogens with zero attached hydrogens (tertiary/aromatic N) is 3. The first-order valence-corrected chi connectivity index (χ1v) is 8.21. The number of pyridine rings is 1. The van der Waals surface area contributed by atoms with Gasteiger partial charge in [-0.25, -0.2) is 9.67 Å². The number of carbonyl (C=O) groups is 1. The van der Waals surface area contributed by atoms with E-state index in [1.165, 1.54) is 10.7 Å². The molecule has 0 saturated heterocycles. The fourth-order valence-electron chi connectivity index (χ4n) is 2.88. The van der Waals surface area contributed by atoms with Crippen LogP contribution in [0.3, 0.4) is 0 Å². The van der Waals surface area contributed by atoms with Gasteiger partial charge < -0.3 is 9.72 Å². The van der Waals surface area contributed by atoms with Crippen molar-refractivity contribution in [2.24, 2.45) is 0 Å². The van der Waals surface area contributed by atoms with Crippen LogP contribution in [0, 0.1) is 6.92 Å². The minimum Gasteiger partial charge on any atom is -0.345 e. The van der Waals surface area contributed by atoms with Gasteiger partial charge in [-0.05, 0) is 30.7 Å². The van der Waals surface area contributed by atoms with Crippen molar-refractivity contribution < 1.29 is 4.79 Å². The van der Waals surface area contributed by atoms with E-state index in [0.29, 0.717) is 12.2 Å². The van der Waals surface area contributed by atoms with Crippen LogP contribution in [0.4, 0.5) is 0 Å². The minimum absolute atomic E-state index is 0.212. The Labute approximate surface area is 148 Å². The molecule has 0 aliphatic heterocycles. The summed E-state index contributed by atoms with van der Waals surface area (Å²) in [7, 11) is 0. The molecule has 2 N–H and O–H groups in total. The Hall–Kier alpha value is -3.61. The van der Waals surface area contributed by atoms with Gasteiger partial charge in [0.25, 0.3) is 11.5 Å². The summed E-state index contributed by atoms with van der Waals surface area (Å²) in [6.45, 7) is 2.30. The highest BCUT2D eigenvalue weighted by atomic mass is 16.2. The van der Waals surface area contributed by atoms with Crippen molar-refractivity contribution in [3.8, 4) is 5.69 Å². The SMILES string of the molecule is Cc1cccn2c(CNC(=O)c3cc(=O)n(-c4ccccc4)[nH]3)cnc12. The van der Waals surface area contributed by atoms with Gasteiger partial charge >= 0.3 is 0 Å². The molecule has 0 atom stereocenters. The molecule has 7 heteroatoms. The van der Waals surface area contributed by atoms with Crippen molar-refractivity contribution in [2.75, 3.05) is 0 Å². The number of H-pyrrole nitrogens is 1. The van der Waals surface area contributed by atoms with Gasteiger partial charge in [-0.3, -0.25) is 14.7 Å². The molecule has 3 aromatic heterocycles. The van der Waals surface area contributed by atoms with E-state index < -0.39 is 0 Å². The topological polar surface area (TPSA) is 84.2 Å². The fraction of sp³-hybridized carbons (Fsp3) is 0.105. The molecule has 1 amide bonds. The van der Waals surface area contributed by atoms with Crippen molar-refractivity contribution in [2.45, 2.75) is 13.5 Å². The van der Waals surface area contributed by atoms with E-state index in [-0.39, 0.29) is 17.2 Å². The summed E-state index contributed by atoms with van der Waals surface area (Å²) in [4.78, 5) is 28.9. The van der Waals surface area contributed by atoms with Crippen LogP contribution in [0.15, 0.2) is 65.7 Å². The summed E-state index contributed by atoms with van der Waals surface area (Å²) in [6.07, 6.45) is 3.64. The van der Waals surface area contributed by atoms with Crippen LogP contribution in [0.1, 0.15) is 21.7 Å². The summed E-state index contributed by atoms with van der Waals surface area (Å²) >= 11 is 0. The number of imidazole rings is 1. The zero-order valence-electron chi connectivity index (χ0n) is 14.1. The van der Waals surface area contributed by atoms with E-state index in [4.69, 9.17) is 0 Å². The molecule has 26 heavy (non-hydrogen) atoms. The molecule has 7 nitrogen and oxygen atoms in total. The third kappa shape index (κ3) is 2.79. The number of amides is 1. The summed E-state index contributed by atoms with van der Waals surface area (Å²) in [5, 5.41) is 5.67. The number of hydrogen-bond donors (Lipinski definition) is 2. The predicted octanol–water partition coefficient (Wildman–Crippen LogP) is 2.05. The van der Waals surface area contributed by atoms with Crippen molar-refractivity contribution >= 4 is 11.6 Å². The number of nitrogens with one attached hydrogen (secondary N) is 2. The van der Waals surface area contributed by atoms with Crippen LogP contribution in [-0.2, 0) is 6.54 Å². The quantitative estimate of drug-likeness (QED) is 0.593. The van der Waals surface area contributed by atoms with Crippen LogP contribution in [-0.4, -0.2) is 25.1 Å². The second-order valence-corrected chi connectivity index (χ2v) is 6.00. The van der Waals surface area contributed by atoms with E-state index in [1.54, 1.807) is 18.3 Å². The van der Waals surface area contributed by atoms with Crippen LogP contribution >= 0.6 is 0 Å². The number of para-hydroxylation sites is 1. The number of rotatable bonds is 4. The largest absolute Gasteiger partial charge is 0.345 e. The smallest absolute Gasteiger partial charge is 0.271 e. The average molecular weight is 347 g/mol. The van der Waals surface area contributed by atoms with Gasteiger partial charge in [0.1, 0.15) is 11.3 Å². The maximum Gasteiger partial charge on any atom is 0.271 e. The van der Waals surface area contributed by atoms with Crippen molar-refractivity contribution in [3.63, 3.8) is 0 Å². The number of fused-ring (bicyclic) bond motifs is 1. The fourth-order valence-corrected chi connectivity index (χ4v) is 2.88. The highest BCUT2D eigenvalue weighted by Crippen LogP contribution is 2.11. The molecule has 3 heterocycles. The van der Waals surface area contributed by atoms with E-state index in [1.807, 2.05) is 47.9 Å². The lowest BCUT2D eigenvalue weighted by atomic mass is 10.3. The first-order valence-electron chi connectivity index (χ1n) is 8.21. The molecule has 130 valence electrons. The van der Waals surface area contributed by atoms with Gasteiger partial charge in [0.15, 0.2) is 0 Å². The molecule has 0 fully saturated rings. The number of aryl methyl sites for hydroxylation is 1. The molecule has 4 aromatic rings. The molecule has 0 saturated carbocycles. The maximum atomic E-state index is 12.4. The number of aromatic amines is 1. The van der Waals surface area contributed by atoms with E-state index >= 15 is 0 Å². The van der Waals surface area contributed by atoms with Gasteiger partial charge in [0.05, 0.1) is 24.1 Å². The Morgan fingerprint density at radius 2 is 2.00 bits per heavy atom. The van der Waals surface area contributed by atoms with Crippen molar-refractivity contribution in [1.82, 2.24) is 24.5 Å². The Bertz CT molecular complexity index is 1140. The standard InChI is InChI=1S/C19H17N5O2/c1-13-6-5-9-23-15(11-20-18(13)23)12-21-19(26)16-10-17(25)24(22-16)14-7-3-2-4-8-14/h2-11,22H,12H2,1H3,(H,21,26). The second-order valence-electron chi connectivity index (χ2n) is 6.00. The Morgan fingerprint density at radius 3 is 2.81 bits per heavy atom. The lowest BCUT2D eigenvalue weighted by molar-refractivity contribution is 0.0945. The molecule has 1 aromatic carbocycles. The maximum absolute atomic E-state index is 12.4. The molecular formula is C19H17N5O2. The van der Waals surface area contributed by atoms with Gasteiger partial charge in [-0.2, -0.15) is 0 Å². The van der Waals surface area contributed by atoms with Gasteiger partial charge in [-0.15, -0.1) is 0 Å². The third-order valence-corrected chi connectivity index (χ3v) is 4.22. The number of hydrogen-bond acceptors (Lipinski definition) is 3. The molecule has 0 unspecified atom stereocenters. The normalized spacial score (nSPS) is 11.0. The number of benzene rings is 1. The van der Waals surface area contributed by atoms with Crippen LogP contribution in [0.5, 0.6) is 0 Å². The lowest BCUT2D eigenvalue weighted by Gasteiger charge is -2.05. The Kier molecular flexibility index (Phi) is 3.89. The van der Waals surface area contributed by atoms with Crippen LogP contribution in [0.25, 0.3) is 11.3 Å². The van der Waals surface area contributed by atoms with Crippen molar-refractivity contribution in [1.29, 1.82) is 0 Å². The average Bonchev–Trinajstić information content (AvgIpc) is 3.25. The summed E-state index contributed by atoms with van der Waals surface area (Å²) in [5.74, 6) is -0.348. The summed E-state index contributed by atoms with van der Waals surface area (Å²) < 4.78 is 3.28. The van der Waals surface area contributed by atoms with Crippen LogP contribution in [0.2, 0.25) is 0 Å². The Balaban J connectivity index is 1.54. The van der Waals surface area contributed by atoms with E-state index in [0.717, 1.165) is 16.9 Å². The monoisotopic (exact) mass is 347 g/mol. The highest BCUT2D eigenvalue weighted by Gasteiger charge is 2.13. The van der Waals surface area contributed by atoms with Crippen LogP contribution < -0.4 is 10.9 Å². The zero-order chi connectivity index (χ0) is 18.1. The predicted molar refractivity (Wildman–Crippen MR) is 97.5 cm³/mol. The Morgan fingerprint density at radius 1 is 1.19 bits per heavy atom. The van der Waals surface area contributed by atoms with E-state index in [9.17, 15) is 9.59 Å². The molecular weight excluding hydrogens is 330 g/mol.